The quantitative estimate of drug-likeness (QED) is 0.603. The molecular weight excluding hydrogens is 160 g/mol. The van der Waals surface area contributed by atoms with Gasteiger partial charge in [0.15, 0.2) is 0 Å². The third kappa shape index (κ3) is 1.25. The summed E-state index contributed by atoms with van der Waals surface area (Å²) in [4.78, 5) is 3.99. The Balaban J connectivity index is 2.91. The van der Waals surface area contributed by atoms with Crippen LogP contribution in [0.3, 0.4) is 0 Å². The third-order valence-corrected chi connectivity index (χ3v) is 1.92. The van der Waals surface area contributed by atoms with E-state index in [1.54, 1.807) is 12.4 Å². The Bertz CT molecular complexity index is 495. The van der Waals surface area contributed by atoms with Gasteiger partial charge in [0.1, 0.15) is 0 Å². The number of nitrogens with zero attached hydrogens (tertiary/aromatic N) is 2. The summed E-state index contributed by atoms with van der Waals surface area (Å²) in [6.45, 7) is 1.92. The van der Waals surface area contributed by atoms with Gasteiger partial charge in [-0.2, -0.15) is 5.26 Å². The minimum absolute atomic E-state index is 0.689. The van der Waals surface area contributed by atoms with Crippen molar-refractivity contribution in [3.8, 4) is 6.07 Å². The van der Waals surface area contributed by atoms with Crippen molar-refractivity contribution in [1.82, 2.24) is 4.98 Å². The van der Waals surface area contributed by atoms with Gasteiger partial charge in [-0.15, -0.1) is 0 Å². The molecule has 1 heterocycles. The molecule has 0 spiro atoms. The molecule has 2 heteroatoms. The smallest absolute Gasteiger partial charge is 0.0998 e. The van der Waals surface area contributed by atoms with Gasteiger partial charge in [0.25, 0.3) is 0 Å². The normalized spacial score (nSPS) is 9.85. The summed E-state index contributed by atoms with van der Waals surface area (Å²) in [6.07, 6.45) is 3.41. The van der Waals surface area contributed by atoms with Crippen LogP contribution in [-0.4, -0.2) is 4.98 Å². The molecule has 0 bridgehead atoms. The third-order valence-electron chi connectivity index (χ3n) is 1.92. The second kappa shape index (κ2) is 2.87. The van der Waals surface area contributed by atoms with Crippen LogP contribution >= 0.6 is 0 Å². The van der Waals surface area contributed by atoms with Gasteiger partial charge in [0, 0.05) is 23.2 Å². The van der Waals surface area contributed by atoms with E-state index >= 15 is 0 Å². The minimum atomic E-state index is 0.689. The predicted molar refractivity (Wildman–Crippen MR) is 50.0 cm³/mol. The summed E-state index contributed by atoms with van der Waals surface area (Å²) in [5, 5.41) is 10.7. The molecule has 0 saturated carbocycles. The lowest BCUT2D eigenvalue weighted by Crippen LogP contribution is -1.83. The van der Waals surface area contributed by atoms with E-state index < -0.39 is 0 Å². The molecule has 0 atom stereocenters. The fraction of sp³-hybridized carbons (Fsp3) is 0.0909. The highest BCUT2D eigenvalue weighted by Crippen LogP contribution is 2.18. The van der Waals surface area contributed by atoms with E-state index in [0.717, 1.165) is 16.3 Å². The maximum absolute atomic E-state index is 8.88. The molecule has 13 heavy (non-hydrogen) atoms. The average molecular weight is 167 g/mol. The van der Waals surface area contributed by atoms with Crippen molar-refractivity contribution in [3.63, 3.8) is 0 Å². The van der Waals surface area contributed by atoms with Crippen molar-refractivity contribution in [2.75, 3.05) is 0 Å². The maximum atomic E-state index is 8.88. The van der Waals surface area contributed by atoms with E-state index in [-0.39, 0.29) is 0 Å². The molecule has 0 saturated heterocycles. The number of nitriles is 1. The topological polar surface area (TPSA) is 36.7 Å². The Morgan fingerprint density at radius 1 is 1.54 bits per heavy atom. The molecule has 1 radical (unpaired) electrons. The summed E-state index contributed by atoms with van der Waals surface area (Å²) in [5.41, 5.74) is 1.66. The monoisotopic (exact) mass is 167 g/mol. The molecule has 0 unspecified atom stereocenters. The predicted octanol–water partition coefficient (Wildman–Crippen LogP) is 2.22. The maximum Gasteiger partial charge on any atom is 0.0998 e. The zero-order valence-corrected chi connectivity index (χ0v) is 7.20. The van der Waals surface area contributed by atoms with Gasteiger partial charge >= 0.3 is 0 Å². The number of hydrogen-bond acceptors (Lipinski definition) is 2. The number of aromatic nitrogens is 1. The van der Waals surface area contributed by atoms with E-state index in [4.69, 9.17) is 5.26 Å². The van der Waals surface area contributed by atoms with E-state index in [9.17, 15) is 0 Å². The Morgan fingerprint density at radius 2 is 2.38 bits per heavy atom. The van der Waals surface area contributed by atoms with Crippen LogP contribution in [0.4, 0.5) is 0 Å². The molecular formula is C11H7N2. The second-order valence-electron chi connectivity index (χ2n) is 2.90. The lowest BCUT2D eigenvalue weighted by atomic mass is 10.0. The number of pyridine rings is 1. The first-order chi connectivity index (χ1) is 6.31. The summed E-state index contributed by atoms with van der Waals surface area (Å²) in [6, 6.07) is 8.99. The highest BCUT2D eigenvalue weighted by atomic mass is 14.6. The van der Waals surface area contributed by atoms with Crippen molar-refractivity contribution < 1.29 is 0 Å². The molecule has 2 rings (SSSR count). The van der Waals surface area contributed by atoms with Gasteiger partial charge in [-0.1, -0.05) is 0 Å². The lowest BCUT2D eigenvalue weighted by Gasteiger charge is -1.99. The van der Waals surface area contributed by atoms with Crippen molar-refractivity contribution in [1.29, 1.82) is 5.26 Å². The highest BCUT2D eigenvalue weighted by molar-refractivity contribution is 5.87. The average Bonchev–Trinajstić information content (AvgIpc) is 2.16. The standard InChI is InChI=1S/C11H7N2/c1-8-4-9(6-12)11-2-3-13-7-10(11)5-8/h2-4,7H,1H3. The van der Waals surface area contributed by atoms with Crippen LogP contribution < -0.4 is 0 Å². The fourth-order valence-corrected chi connectivity index (χ4v) is 1.36. The van der Waals surface area contributed by atoms with Crippen molar-refractivity contribution in [3.05, 3.63) is 41.7 Å². The number of rotatable bonds is 0. The van der Waals surface area contributed by atoms with Crippen LogP contribution in [0.25, 0.3) is 10.8 Å². The Hall–Kier alpha value is -1.88. The van der Waals surface area contributed by atoms with Crippen LogP contribution in [0, 0.1) is 24.3 Å². The van der Waals surface area contributed by atoms with E-state index in [1.807, 2.05) is 19.1 Å². The summed E-state index contributed by atoms with van der Waals surface area (Å²) >= 11 is 0. The fourth-order valence-electron chi connectivity index (χ4n) is 1.36. The minimum Gasteiger partial charge on any atom is -0.264 e. The van der Waals surface area contributed by atoms with Gasteiger partial charge in [0.05, 0.1) is 11.6 Å². The molecule has 0 fully saturated rings. The Morgan fingerprint density at radius 3 is 3.15 bits per heavy atom. The van der Waals surface area contributed by atoms with Gasteiger partial charge in [0.2, 0.25) is 0 Å². The largest absolute Gasteiger partial charge is 0.264 e. The SMILES string of the molecule is Cc1[c]c2cnccc2c(C#N)c1. The molecule has 1 aromatic carbocycles. The molecule has 0 amide bonds. The summed E-state index contributed by atoms with van der Waals surface area (Å²) in [7, 11) is 0. The number of aryl methyl sites for hydroxylation is 1. The molecule has 2 aromatic rings. The van der Waals surface area contributed by atoms with Gasteiger partial charge in [-0.05, 0) is 30.7 Å². The highest BCUT2D eigenvalue weighted by Gasteiger charge is 2.00. The van der Waals surface area contributed by atoms with Gasteiger partial charge in [-0.25, -0.2) is 0 Å². The van der Waals surface area contributed by atoms with Crippen molar-refractivity contribution >= 4 is 10.8 Å². The lowest BCUT2D eigenvalue weighted by molar-refractivity contribution is 1.35. The zero-order valence-electron chi connectivity index (χ0n) is 7.20. The molecule has 61 valence electrons. The molecule has 0 N–H and O–H groups in total. The van der Waals surface area contributed by atoms with Crippen molar-refractivity contribution in [2.45, 2.75) is 6.92 Å². The van der Waals surface area contributed by atoms with Crippen LogP contribution in [0.5, 0.6) is 0 Å². The summed E-state index contributed by atoms with van der Waals surface area (Å²) < 4.78 is 0. The number of fused-ring (bicyclic) bond motifs is 1. The van der Waals surface area contributed by atoms with Crippen LogP contribution in [0.2, 0.25) is 0 Å². The first-order valence-electron chi connectivity index (χ1n) is 3.98. The molecule has 1 aromatic heterocycles. The van der Waals surface area contributed by atoms with E-state index in [0.29, 0.717) is 5.56 Å². The molecule has 0 aliphatic heterocycles. The Kier molecular flexibility index (Phi) is 1.71. The number of hydrogen-bond donors (Lipinski definition) is 0. The van der Waals surface area contributed by atoms with Crippen LogP contribution in [0.15, 0.2) is 24.5 Å². The van der Waals surface area contributed by atoms with Crippen LogP contribution in [0.1, 0.15) is 11.1 Å². The zero-order chi connectivity index (χ0) is 9.26. The molecule has 0 aliphatic rings. The first-order valence-corrected chi connectivity index (χ1v) is 3.98. The van der Waals surface area contributed by atoms with Gasteiger partial charge < -0.3 is 0 Å². The molecule has 0 aliphatic carbocycles. The summed E-state index contributed by atoms with van der Waals surface area (Å²) in [5.74, 6) is 0. The number of benzene rings is 1. The van der Waals surface area contributed by atoms with Crippen molar-refractivity contribution in [2.24, 2.45) is 0 Å². The molecule has 2 nitrogen and oxygen atoms in total. The van der Waals surface area contributed by atoms with E-state index in [2.05, 4.69) is 17.1 Å². The first kappa shape index (κ1) is 7.75. The van der Waals surface area contributed by atoms with Gasteiger partial charge in [-0.3, -0.25) is 4.98 Å². The Labute approximate surface area is 76.5 Å². The van der Waals surface area contributed by atoms with E-state index in [1.165, 1.54) is 0 Å². The second-order valence-corrected chi connectivity index (χ2v) is 2.90. The van der Waals surface area contributed by atoms with Crippen LogP contribution in [-0.2, 0) is 0 Å².